The Labute approximate surface area is 116 Å². The van der Waals surface area contributed by atoms with Crippen LogP contribution in [-0.2, 0) is 6.18 Å². The molecule has 20 heavy (non-hydrogen) atoms. The van der Waals surface area contributed by atoms with Gasteiger partial charge in [-0.25, -0.2) is 0 Å². The molecule has 0 atom stereocenters. The molecule has 0 unspecified atom stereocenters. The molecular formula is C15H18F3NO. The van der Waals surface area contributed by atoms with Gasteiger partial charge >= 0.3 is 6.18 Å². The molecule has 0 N–H and O–H groups in total. The van der Waals surface area contributed by atoms with E-state index < -0.39 is 11.7 Å². The first kappa shape index (κ1) is 14.9. The average Bonchev–Trinajstić information content (AvgIpc) is 2.46. The largest absolute Gasteiger partial charge is 0.416 e. The van der Waals surface area contributed by atoms with Crippen molar-refractivity contribution in [2.75, 3.05) is 7.05 Å². The van der Waals surface area contributed by atoms with Gasteiger partial charge in [-0.1, -0.05) is 19.3 Å². The van der Waals surface area contributed by atoms with Gasteiger partial charge in [-0.3, -0.25) is 4.79 Å². The SMILES string of the molecule is CN(C(=O)c1ccc(C(F)(F)F)cc1)C1CCCCC1. The first-order valence-electron chi connectivity index (χ1n) is 6.84. The highest BCUT2D eigenvalue weighted by Gasteiger charge is 2.30. The van der Waals surface area contributed by atoms with Gasteiger partial charge in [-0.15, -0.1) is 0 Å². The van der Waals surface area contributed by atoms with E-state index in [2.05, 4.69) is 0 Å². The highest BCUT2D eigenvalue weighted by Crippen LogP contribution is 2.29. The molecule has 1 aliphatic carbocycles. The lowest BCUT2D eigenvalue weighted by atomic mass is 9.94. The lowest BCUT2D eigenvalue weighted by Crippen LogP contribution is -2.38. The Hall–Kier alpha value is -1.52. The fourth-order valence-corrected chi connectivity index (χ4v) is 2.64. The van der Waals surface area contributed by atoms with Crippen LogP contribution in [0.5, 0.6) is 0 Å². The molecule has 0 spiro atoms. The molecule has 0 saturated heterocycles. The zero-order valence-electron chi connectivity index (χ0n) is 11.4. The van der Waals surface area contributed by atoms with Crippen molar-refractivity contribution in [2.45, 2.75) is 44.3 Å². The van der Waals surface area contributed by atoms with E-state index in [0.717, 1.165) is 37.8 Å². The molecule has 0 heterocycles. The Morgan fingerprint density at radius 2 is 1.65 bits per heavy atom. The van der Waals surface area contributed by atoms with Crippen LogP contribution >= 0.6 is 0 Å². The number of rotatable bonds is 2. The predicted octanol–water partition coefficient (Wildman–Crippen LogP) is 4.11. The zero-order chi connectivity index (χ0) is 14.8. The molecule has 0 aliphatic heterocycles. The van der Waals surface area contributed by atoms with E-state index in [1.165, 1.54) is 18.6 Å². The minimum atomic E-state index is -4.36. The van der Waals surface area contributed by atoms with Crippen LogP contribution in [0.25, 0.3) is 0 Å². The minimum Gasteiger partial charge on any atom is -0.339 e. The number of carbonyl (C=O) groups is 1. The van der Waals surface area contributed by atoms with Gasteiger partial charge in [0.15, 0.2) is 0 Å². The molecule has 1 aliphatic rings. The Morgan fingerprint density at radius 1 is 1.10 bits per heavy atom. The number of carbonyl (C=O) groups excluding carboxylic acids is 1. The van der Waals surface area contributed by atoms with Crippen LogP contribution in [-0.4, -0.2) is 23.9 Å². The molecule has 1 aromatic rings. The first-order valence-corrected chi connectivity index (χ1v) is 6.84. The normalized spacial score (nSPS) is 17.0. The molecule has 0 aromatic heterocycles. The summed E-state index contributed by atoms with van der Waals surface area (Å²) in [4.78, 5) is 13.9. The maximum Gasteiger partial charge on any atom is 0.416 e. The molecule has 1 fully saturated rings. The maximum absolute atomic E-state index is 12.5. The Bertz CT molecular complexity index is 461. The quantitative estimate of drug-likeness (QED) is 0.800. The van der Waals surface area contributed by atoms with Gasteiger partial charge in [0.1, 0.15) is 0 Å². The third kappa shape index (κ3) is 3.32. The van der Waals surface area contributed by atoms with Crippen molar-refractivity contribution < 1.29 is 18.0 Å². The molecule has 110 valence electrons. The summed E-state index contributed by atoms with van der Waals surface area (Å²) in [7, 11) is 1.73. The summed E-state index contributed by atoms with van der Waals surface area (Å²) in [5.41, 5.74) is -0.416. The predicted molar refractivity (Wildman–Crippen MR) is 70.4 cm³/mol. The van der Waals surface area contributed by atoms with Crippen molar-refractivity contribution >= 4 is 5.91 Å². The molecule has 1 aromatic carbocycles. The topological polar surface area (TPSA) is 20.3 Å². The number of alkyl halides is 3. The number of hydrogen-bond donors (Lipinski definition) is 0. The highest BCUT2D eigenvalue weighted by molar-refractivity contribution is 5.94. The molecule has 5 heteroatoms. The summed E-state index contributed by atoms with van der Waals surface area (Å²) in [6.45, 7) is 0. The molecule has 1 saturated carbocycles. The summed E-state index contributed by atoms with van der Waals surface area (Å²) in [5, 5.41) is 0. The lowest BCUT2D eigenvalue weighted by molar-refractivity contribution is -0.137. The number of hydrogen-bond acceptors (Lipinski definition) is 1. The third-order valence-corrected chi connectivity index (χ3v) is 3.90. The fraction of sp³-hybridized carbons (Fsp3) is 0.533. The van der Waals surface area contributed by atoms with Crippen molar-refractivity contribution in [3.8, 4) is 0 Å². The second kappa shape index (κ2) is 5.85. The first-order chi connectivity index (χ1) is 9.39. The summed E-state index contributed by atoms with van der Waals surface area (Å²) in [6, 6.07) is 4.64. The van der Waals surface area contributed by atoms with Gasteiger partial charge in [0.2, 0.25) is 0 Å². The number of nitrogens with zero attached hydrogens (tertiary/aromatic N) is 1. The van der Waals surface area contributed by atoms with Crippen molar-refractivity contribution in [2.24, 2.45) is 0 Å². The van der Waals surface area contributed by atoms with E-state index in [1.54, 1.807) is 11.9 Å². The van der Waals surface area contributed by atoms with Crippen molar-refractivity contribution in [1.82, 2.24) is 4.90 Å². The minimum absolute atomic E-state index is 0.203. The van der Waals surface area contributed by atoms with Gasteiger partial charge in [-0.05, 0) is 37.1 Å². The van der Waals surface area contributed by atoms with Gasteiger partial charge < -0.3 is 4.90 Å². The second-order valence-corrected chi connectivity index (χ2v) is 5.28. The monoisotopic (exact) mass is 285 g/mol. The lowest BCUT2D eigenvalue weighted by Gasteiger charge is -2.31. The number of amides is 1. The van der Waals surface area contributed by atoms with Gasteiger partial charge in [0.05, 0.1) is 5.56 Å². The van der Waals surface area contributed by atoms with Crippen LogP contribution in [0.15, 0.2) is 24.3 Å². The molecular weight excluding hydrogens is 267 g/mol. The molecule has 2 rings (SSSR count). The molecule has 0 radical (unpaired) electrons. The van der Waals surface area contributed by atoms with Gasteiger partial charge in [0.25, 0.3) is 5.91 Å². The maximum atomic E-state index is 12.5. The number of benzene rings is 1. The van der Waals surface area contributed by atoms with Crippen molar-refractivity contribution in [3.63, 3.8) is 0 Å². The van der Waals surface area contributed by atoms with E-state index in [-0.39, 0.29) is 11.9 Å². The second-order valence-electron chi connectivity index (χ2n) is 5.28. The average molecular weight is 285 g/mol. The Kier molecular flexibility index (Phi) is 4.35. The summed E-state index contributed by atoms with van der Waals surface area (Å²) in [5.74, 6) is -0.203. The summed E-state index contributed by atoms with van der Waals surface area (Å²) < 4.78 is 37.4. The van der Waals surface area contributed by atoms with Gasteiger partial charge in [-0.2, -0.15) is 13.2 Å². The summed E-state index contributed by atoms with van der Waals surface area (Å²) in [6.07, 6.45) is 0.992. The van der Waals surface area contributed by atoms with Crippen LogP contribution in [0, 0.1) is 0 Å². The molecule has 2 nitrogen and oxygen atoms in total. The molecule has 0 bridgehead atoms. The Balaban J connectivity index is 2.08. The van der Waals surface area contributed by atoms with Crippen LogP contribution < -0.4 is 0 Å². The standard InChI is InChI=1S/C15H18F3NO/c1-19(13-5-3-2-4-6-13)14(20)11-7-9-12(10-8-11)15(16,17)18/h7-10,13H,2-6H2,1H3. The van der Waals surface area contributed by atoms with E-state index in [1.807, 2.05) is 0 Å². The van der Waals surface area contributed by atoms with Crippen LogP contribution in [0.2, 0.25) is 0 Å². The van der Waals surface area contributed by atoms with Crippen LogP contribution in [0.1, 0.15) is 48.0 Å². The third-order valence-electron chi connectivity index (χ3n) is 3.90. The van der Waals surface area contributed by atoms with Gasteiger partial charge in [0, 0.05) is 18.7 Å². The zero-order valence-corrected chi connectivity index (χ0v) is 11.4. The van der Waals surface area contributed by atoms with Crippen molar-refractivity contribution in [3.05, 3.63) is 35.4 Å². The van der Waals surface area contributed by atoms with E-state index >= 15 is 0 Å². The fourth-order valence-electron chi connectivity index (χ4n) is 2.64. The van der Waals surface area contributed by atoms with Crippen molar-refractivity contribution in [1.29, 1.82) is 0 Å². The van der Waals surface area contributed by atoms with E-state index in [9.17, 15) is 18.0 Å². The number of halogens is 3. The van der Waals surface area contributed by atoms with Crippen LogP contribution in [0.4, 0.5) is 13.2 Å². The van der Waals surface area contributed by atoms with E-state index in [0.29, 0.717) is 5.56 Å². The smallest absolute Gasteiger partial charge is 0.339 e. The highest BCUT2D eigenvalue weighted by atomic mass is 19.4. The van der Waals surface area contributed by atoms with Crippen LogP contribution in [0.3, 0.4) is 0 Å². The van der Waals surface area contributed by atoms with E-state index in [4.69, 9.17) is 0 Å². The summed E-state index contributed by atoms with van der Waals surface area (Å²) >= 11 is 0. The Morgan fingerprint density at radius 3 is 2.15 bits per heavy atom. The molecule has 1 amide bonds.